The number of hydrogen-bond acceptors (Lipinski definition) is 3. The molecule has 2 aromatic heterocycles. The lowest BCUT2D eigenvalue weighted by Crippen LogP contribution is -1.96. The van der Waals surface area contributed by atoms with E-state index in [-0.39, 0.29) is 0 Å². The average molecular weight is 235 g/mol. The van der Waals surface area contributed by atoms with Crippen LogP contribution in [0.2, 0.25) is 0 Å². The first-order chi connectivity index (χ1) is 8.66. The van der Waals surface area contributed by atoms with Crippen LogP contribution in [0.25, 0.3) is 27.4 Å². The van der Waals surface area contributed by atoms with Crippen molar-refractivity contribution in [1.29, 1.82) is 0 Å². The molecule has 0 saturated carbocycles. The topological polar surface area (TPSA) is 51.8 Å². The van der Waals surface area contributed by atoms with Gasteiger partial charge in [-0.25, -0.2) is 4.98 Å². The fourth-order valence-electron chi connectivity index (χ4n) is 2.09. The second-order valence-electron chi connectivity index (χ2n) is 4.41. The Hall–Kier alpha value is -2.42. The lowest BCUT2D eigenvalue weighted by molar-refractivity contribution is 1.34. The molecule has 3 heteroatoms. The van der Waals surface area contributed by atoms with Crippen molar-refractivity contribution < 1.29 is 0 Å². The van der Waals surface area contributed by atoms with Crippen LogP contribution in [0.4, 0.5) is 5.82 Å². The molecule has 0 aliphatic carbocycles. The summed E-state index contributed by atoms with van der Waals surface area (Å²) in [4.78, 5) is 8.77. The Morgan fingerprint density at radius 1 is 1.22 bits per heavy atom. The Morgan fingerprint density at radius 3 is 2.78 bits per heavy atom. The van der Waals surface area contributed by atoms with E-state index in [1.54, 1.807) is 6.20 Å². The maximum atomic E-state index is 5.95. The van der Waals surface area contributed by atoms with E-state index in [0.29, 0.717) is 5.82 Å². The number of rotatable bonds is 1. The summed E-state index contributed by atoms with van der Waals surface area (Å²) in [5.41, 5.74) is 9.61. The molecule has 88 valence electrons. The smallest absolute Gasteiger partial charge is 0.150 e. The van der Waals surface area contributed by atoms with Crippen molar-refractivity contribution in [3.63, 3.8) is 0 Å². The van der Waals surface area contributed by atoms with Gasteiger partial charge in [-0.1, -0.05) is 24.8 Å². The van der Waals surface area contributed by atoms with Crippen molar-refractivity contribution >= 4 is 33.2 Å². The van der Waals surface area contributed by atoms with Crippen LogP contribution in [0.15, 0.2) is 43.1 Å². The Bertz CT molecular complexity index is 775. The summed E-state index contributed by atoms with van der Waals surface area (Å²) in [5, 5.41) is 2.09. The minimum atomic E-state index is 0.469. The highest BCUT2D eigenvalue weighted by Crippen LogP contribution is 2.28. The number of fused-ring (bicyclic) bond motifs is 3. The third kappa shape index (κ3) is 1.52. The molecule has 0 aliphatic heterocycles. The van der Waals surface area contributed by atoms with E-state index in [1.807, 2.05) is 31.2 Å². The molecule has 2 heterocycles. The summed E-state index contributed by atoms with van der Waals surface area (Å²) in [6.45, 7) is 5.92. The van der Waals surface area contributed by atoms with Crippen LogP contribution in [-0.2, 0) is 0 Å². The zero-order valence-electron chi connectivity index (χ0n) is 10.1. The van der Waals surface area contributed by atoms with Gasteiger partial charge in [-0.05, 0) is 30.2 Å². The first-order valence-corrected chi connectivity index (χ1v) is 5.76. The van der Waals surface area contributed by atoms with Crippen molar-refractivity contribution in [2.24, 2.45) is 0 Å². The summed E-state index contributed by atoms with van der Waals surface area (Å²) in [6.07, 6.45) is 1.79. The van der Waals surface area contributed by atoms with Gasteiger partial charge in [0.1, 0.15) is 5.52 Å². The standard InChI is InChI=1S/C15H13N3/c1-9(2)10-7-12-11-5-3-4-6-13(11)18-15(16)14(12)17-8-10/h3-8H,1H2,2H3,(H2,16,18). The predicted octanol–water partition coefficient (Wildman–Crippen LogP) is 3.40. The lowest BCUT2D eigenvalue weighted by Gasteiger charge is -2.07. The van der Waals surface area contributed by atoms with Gasteiger partial charge in [0, 0.05) is 17.0 Å². The van der Waals surface area contributed by atoms with Crippen LogP contribution in [0.3, 0.4) is 0 Å². The molecule has 2 N–H and O–H groups in total. The summed E-state index contributed by atoms with van der Waals surface area (Å²) in [6, 6.07) is 10.0. The molecule has 3 nitrogen and oxygen atoms in total. The van der Waals surface area contributed by atoms with E-state index < -0.39 is 0 Å². The molecule has 0 aliphatic rings. The zero-order chi connectivity index (χ0) is 12.7. The van der Waals surface area contributed by atoms with Gasteiger partial charge in [-0.3, -0.25) is 4.98 Å². The van der Waals surface area contributed by atoms with Gasteiger partial charge in [0.15, 0.2) is 5.82 Å². The van der Waals surface area contributed by atoms with Gasteiger partial charge in [0.25, 0.3) is 0 Å². The number of allylic oxidation sites excluding steroid dienone is 1. The Labute approximate surface area is 105 Å². The monoisotopic (exact) mass is 235 g/mol. The summed E-state index contributed by atoms with van der Waals surface area (Å²) in [5.74, 6) is 0.469. The van der Waals surface area contributed by atoms with Crippen molar-refractivity contribution in [3.8, 4) is 0 Å². The fourth-order valence-corrected chi connectivity index (χ4v) is 2.09. The van der Waals surface area contributed by atoms with Crippen molar-refractivity contribution in [2.75, 3.05) is 5.73 Å². The minimum absolute atomic E-state index is 0.469. The summed E-state index contributed by atoms with van der Waals surface area (Å²) in [7, 11) is 0. The van der Waals surface area contributed by atoms with Gasteiger partial charge in [0.2, 0.25) is 0 Å². The molecule has 0 radical (unpaired) electrons. The van der Waals surface area contributed by atoms with Crippen LogP contribution < -0.4 is 5.73 Å². The van der Waals surface area contributed by atoms with Gasteiger partial charge in [-0.2, -0.15) is 0 Å². The highest BCUT2D eigenvalue weighted by atomic mass is 14.9. The molecule has 0 unspecified atom stereocenters. The molecule has 0 saturated heterocycles. The minimum Gasteiger partial charge on any atom is -0.382 e. The Morgan fingerprint density at radius 2 is 2.00 bits per heavy atom. The van der Waals surface area contributed by atoms with Crippen molar-refractivity contribution in [1.82, 2.24) is 9.97 Å². The maximum absolute atomic E-state index is 5.95. The molecule has 3 aromatic rings. The fraction of sp³-hybridized carbons (Fsp3) is 0.0667. The van der Waals surface area contributed by atoms with Crippen LogP contribution >= 0.6 is 0 Å². The van der Waals surface area contributed by atoms with Crippen LogP contribution in [-0.4, -0.2) is 9.97 Å². The number of anilines is 1. The number of nitrogen functional groups attached to an aromatic ring is 1. The second kappa shape index (κ2) is 3.81. The van der Waals surface area contributed by atoms with Gasteiger partial charge in [0.05, 0.1) is 5.52 Å². The largest absolute Gasteiger partial charge is 0.382 e. The molecule has 18 heavy (non-hydrogen) atoms. The van der Waals surface area contributed by atoms with E-state index in [2.05, 4.69) is 22.6 Å². The maximum Gasteiger partial charge on any atom is 0.150 e. The molecule has 0 atom stereocenters. The molecular weight excluding hydrogens is 222 g/mol. The van der Waals surface area contributed by atoms with E-state index in [9.17, 15) is 0 Å². The average Bonchev–Trinajstić information content (AvgIpc) is 2.38. The van der Waals surface area contributed by atoms with E-state index in [1.165, 1.54) is 0 Å². The number of nitrogens with two attached hydrogens (primary N) is 1. The summed E-state index contributed by atoms with van der Waals surface area (Å²) >= 11 is 0. The summed E-state index contributed by atoms with van der Waals surface area (Å²) < 4.78 is 0. The number of hydrogen-bond donors (Lipinski definition) is 1. The number of benzene rings is 1. The number of para-hydroxylation sites is 1. The van der Waals surface area contributed by atoms with Gasteiger partial charge >= 0.3 is 0 Å². The van der Waals surface area contributed by atoms with Crippen LogP contribution in [0, 0.1) is 0 Å². The first-order valence-electron chi connectivity index (χ1n) is 5.76. The SMILES string of the molecule is C=C(C)c1cnc2c(N)nc3ccccc3c2c1. The third-order valence-electron chi connectivity index (χ3n) is 3.06. The predicted molar refractivity (Wildman–Crippen MR) is 76.2 cm³/mol. The second-order valence-corrected chi connectivity index (χ2v) is 4.41. The van der Waals surface area contributed by atoms with Crippen molar-refractivity contribution in [2.45, 2.75) is 6.92 Å². The van der Waals surface area contributed by atoms with Crippen LogP contribution in [0.1, 0.15) is 12.5 Å². The lowest BCUT2D eigenvalue weighted by atomic mass is 10.1. The molecule has 0 bridgehead atoms. The normalized spacial score (nSPS) is 10.9. The molecular formula is C15H13N3. The molecule has 1 aromatic carbocycles. The zero-order valence-corrected chi connectivity index (χ0v) is 10.1. The molecule has 0 amide bonds. The quantitative estimate of drug-likeness (QED) is 0.658. The molecule has 0 spiro atoms. The first kappa shape index (κ1) is 10.7. The number of pyridine rings is 2. The van der Waals surface area contributed by atoms with E-state index in [0.717, 1.165) is 32.9 Å². The van der Waals surface area contributed by atoms with Gasteiger partial charge in [-0.15, -0.1) is 0 Å². The van der Waals surface area contributed by atoms with E-state index in [4.69, 9.17) is 5.73 Å². The number of nitrogens with zero attached hydrogens (tertiary/aromatic N) is 2. The molecule has 0 fully saturated rings. The Balaban J connectivity index is 2.51. The molecule has 3 rings (SSSR count). The van der Waals surface area contributed by atoms with Gasteiger partial charge < -0.3 is 5.73 Å². The number of aromatic nitrogens is 2. The highest BCUT2D eigenvalue weighted by Gasteiger charge is 2.08. The Kier molecular flexibility index (Phi) is 2.27. The van der Waals surface area contributed by atoms with Crippen molar-refractivity contribution in [3.05, 3.63) is 48.7 Å². The van der Waals surface area contributed by atoms with E-state index >= 15 is 0 Å². The third-order valence-corrected chi connectivity index (χ3v) is 3.06. The van der Waals surface area contributed by atoms with Crippen LogP contribution in [0.5, 0.6) is 0 Å². The highest BCUT2D eigenvalue weighted by molar-refractivity contribution is 6.08.